The van der Waals surface area contributed by atoms with Crippen molar-refractivity contribution in [3.63, 3.8) is 0 Å². The van der Waals surface area contributed by atoms with E-state index in [0.717, 1.165) is 5.56 Å². The topological polar surface area (TPSA) is 54.4 Å². The molecule has 0 amide bonds. The van der Waals surface area contributed by atoms with E-state index in [-0.39, 0.29) is 18.5 Å². The Bertz CT molecular complexity index is 534. The molecule has 2 unspecified atom stereocenters. The lowest BCUT2D eigenvalue weighted by Gasteiger charge is -2.17. The summed E-state index contributed by atoms with van der Waals surface area (Å²) in [6.45, 7) is 2.56. The van der Waals surface area contributed by atoms with Gasteiger partial charge in [-0.25, -0.2) is 4.39 Å². The van der Waals surface area contributed by atoms with E-state index in [1.165, 1.54) is 24.3 Å². The van der Waals surface area contributed by atoms with Crippen LogP contribution in [0.5, 0.6) is 5.75 Å². The van der Waals surface area contributed by atoms with Crippen LogP contribution in [0.3, 0.4) is 0 Å². The zero-order chi connectivity index (χ0) is 15.1. The molecule has 0 saturated heterocycles. The van der Waals surface area contributed by atoms with Gasteiger partial charge in [0.05, 0.1) is 0 Å². The minimum Gasteiger partial charge on any atom is -0.491 e. The lowest BCUT2D eigenvalue weighted by Crippen LogP contribution is -2.33. The van der Waals surface area contributed by atoms with Crippen molar-refractivity contribution in [3.05, 3.63) is 60.2 Å². The van der Waals surface area contributed by atoms with Crippen molar-refractivity contribution in [2.45, 2.75) is 19.1 Å². The third-order valence-corrected chi connectivity index (χ3v) is 3.10. The molecule has 1 heterocycles. The quantitative estimate of drug-likeness (QED) is 0.821. The summed E-state index contributed by atoms with van der Waals surface area (Å²) in [7, 11) is 0. The molecule has 0 aliphatic heterocycles. The molecule has 0 aliphatic carbocycles. The van der Waals surface area contributed by atoms with Crippen molar-refractivity contribution in [3.8, 4) is 5.75 Å². The highest BCUT2D eigenvalue weighted by molar-refractivity contribution is 5.22. The van der Waals surface area contributed by atoms with Crippen molar-refractivity contribution in [2.24, 2.45) is 0 Å². The molecule has 0 spiro atoms. The van der Waals surface area contributed by atoms with Crippen molar-refractivity contribution < 1.29 is 14.2 Å². The zero-order valence-electron chi connectivity index (χ0n) is 11.9. The van der Waals surface area contributed by atoms with Crippen LogP contribution in [0.15, 0.2) is 48.8 Å². The molecule has 2 rings (SSSR count). The Morgan fingerprint density at radius 1 is 1.29 bits per heavy atom. The number of benzene rings is 1. The molecule has 0 radical (unpaired) electrons. The molecular formula is C16H19FN2O2. The van der Waals surface area contributed by atoms with E-state index in [1.807, 2.05) is 19.1 Å². The lowest BCUT2D eigenvalue weighted by molar-refractivity contribution is 0.104. The number of rotatable bonds is 7. The van der Waals surface area contributed by atoms with Gasteiger partial charge >= 0.3 is 0 Å². The molecule has 4 nitrogen and oxygen atoms in total. The van der Waals surface area contributed by atoms with E-state index < -0.39 is 6.10 Å². The monoisotopic (exact) mass is 290 g/mol. The highest BCUT2D eigenvalue weighted by Gasteiger charge is 2.09. The van der Waals surface area contributed by atoms with E-state index >= 15 is 0 Å². The Kier molecular flexibility index (Phi) is 5.66. The van der Waals surface area contributed by atoms with Gasteiger partial charge in [0.15, 0.2) is 0 Å². The number of pyridine rings is 1. The second kappa shape index (κ2) is 7.71. The fraction of sp³-hybridized carbons (Fsp3) is 0.312. The Morgan fingerprint density at radius 3 is 2.71 bits per heavy atom. The largest absolute Gasteiger partial charge is 0.491 e. The number of halogens is 1. The fourth-order valence-electron chi connectivity index (χ4n) is 1.84. The predicted molar refractivity (Wildman–Crippen MR) is 78.6 cm³/mol. The number of aliphatic hydroxyl groups excluding tert-OH is 1. The Morgan fingerprint density at radius 2 is 2.05 bits per heavy atom. The number of hydrogen-bond donors (Lipinski definition) is 2. The van der Waals surface area contributed by atoms with Gasteiger partial charge in [-0.15, -0.1) is 0 Å². The Labute approximate surface area is 123 Å². The summed E-state index contributed by atoms with van der Waals surface area (Å²) < 4.78 is 18.1. The highest BCUT2D eigenvalue weighted by atomic mass is 19.1. The molecule has 5 heteroatoms. The van der Waals surface area contributed by atoms with Gasteiger partial charge in [0, 0.05) is 25.0 Å². The summed E-state index contributed by atoms with van der Waals surface area (Å²) >= 11 is 0. The first kappa shape index (κ1) is 15.4. The molecule has 2 N–H and O–H groups in total. The van der Waals surface area contributed by atoms with Gasteiger partial charge < -0.3 is 15.2 Å². The van der Waals surface area contributed by atoms with Crippen LogP contribution in [0.1, 0.15) is 18.5 Å². The highest BCUT2D eigenvalue weighted by Crippen LogP contribution is 2.12. The van der Waals surface area contributed by atoms with Crippen molar-refractivity contribution in [1.29, 1.82) is 0 Å². The maximum atomic E-state index is 12.7. The molecular weight excluding hydrogens is 271 g/mol. The summed E-state index contributed by atoms with van der Waals surface area (Å²) in [6.07, 6.45) is 2.87. The van der Waals surface area contributed by atoms with Crippen molar-refractivity contribution >= 4 is 0 Å². The maximum Gasteiger partial charge on any atom is 0.123 e. The first-order valence-corrected chi connectivity index (χ1v) is 6.85. The number of hydrogen-bond acceptors (Lipinski definition) is 4. The number of aromatic nitrogens is 1. The number of nitrogens with zero attached hydrogens (tertiary/aromatic N) is 1. The molecule has 0 saturated carbocycles. The minimum absolute atomic E-state index is 0.0965. The molecule has 1 aromatic carbocycles. The molecule has 2 aromatic rings. The molecule has 1 aromatic heterocycles. The summed E-state index contributed by atoms with van der Waals surface area (Å²) in [5, 5.41) is 13.1. The van der Waals surface area contributed by atoms with E-state index in [1.54, 1.807) is 12.4 Å². The minimum atomic E-state index is -0.644. The van der Waals surface area contributed by atoms with Gasteiger partial charge in [-0.2, -0.15) is 0 Å². The van der Waals surface area contributed by atoms with Gasteiger partial charge in [0.1, 0.15) is 24.3 Å². The normalized spacial score (nSPS) is 13.7. The van der Waals surface area contributed by atoms with Crippen LogP contribution in [0.2, 0.25) is 0 Å². The smallest absolute Gasteiger partial charge is 0.123 e. The van der Waals surface area contributed by atoms with Gasteiger partial charge in [0.25, 0.3) is 0 Å². The summed E-state index contributed by atoms with van der Waals surface area (Å²) in [6, 6.07) is 9.67. The third-order valence-electron chi connectivity index (χ3n) is 3.10. The van der Waals surface area contributed by atoms with Crippen LogP contribution in [-0.4, -0.2) is 29.3 Å². The fourth-order valence-corrected chi connectivity index (χ4v) is 1.84. The molecule has 0 aliphatic rings. The Balaban J connectivity index is 1.72. The van der Waals surface area contributed by atoms with Gasteiger partial charge in [-0.3, -0.25) is 4.98 Å². The molecule has 0 fully saturated rings. The van der Waals surface area contributed by atoms with E-state index in [9.17, 15) is 9.50 Å². The van der Waals surface area contributed by atoms with Crippen LogP contribution in [0.4, 0.5) is 4.39 Å². The van der Waals surface area contributed by atoms with Crippen LogP contribution in [0.25, 0.3) is 0 Å². The lowest BCUT2D eigenvalue weighted by atomic mass is 10.1. The molecule has 21 heavy (non-hydrogen) atoms. The average molecular weight is 290 g/mol. The summed E-state index contributed by atoms with van der Waals surface area (Å²) in [5.74, 6) is 0.227. The van der Waals surface area contributed by atoms with Crippen molar-refractivity contribution in [2.75, 3.05) is 13.2 Å². The first-order valence-electron chi connectivity index (χ1n) is 6.85. The second-order valence-electron chi connectivity index (χ2n) is 4.84. The Hall–Kier alpha value is -1.98. The zero-order valence-corrected chi connectivity index (χ0v) is 11.9. The number of nitrogens with one attached hydrogen (secondary N) is 1. The average Bonchev–Trinajstić information content (AvgIpc) is 2.53. The van der Waals surface area contributed by atoms with Crippen LogP contribution >= 0.6 is 0 Å². The van der Waals surface area contributed by atoms with Crippen LogP contribution in [0, 0.1) is 5.82 Å². The third kappa shape index (κ3) is 5.13. The maximum absolute atomic E-state index is 12.7. The van der Waals surface area contributed by atoms with E-state index in [4.69, 9.17) is 4.74 Å². The standard InChI is InChI=1S/C16H19FN2O2/c1-12(13-3-2-8-18-9-13)19-10-15(20)11-21-16-6-4-14(17)5-7-16/h2-9,12,15,19-20H,10-11H2,1H3. The molecule has 112 valence electrons. The van der Waals surface area contributed by atoms with Crippen LogP contribution in [-0.2, 0) is 0 Å². The predicted octanol–water partition coefficient (Wildman–Crippen LogP) is 2.31. The second-order valence-corrected chi connectivity index (χ2v) is 4.84. The molecule has 2 atom stereocenters. The first-order chi connectivity index (χ1) is 10.1. The van der Waals surface area contributed by atoms with Gasteiger partial charge in [-0.1, -0.05) is 6.07 Å². The van der Waals surface area contributed by atoms with E-state index in [2.05, 4.69) is 10.3 Å². The SMILES string of the molecule is CC(NCC(O)COc1ccc(F)cc1)c1cccnc1. The molecule has 0 bridgehead atoms. The van der Waals surface area contributed by atoms with E-state index in [0.29, 0.717) is 12.3 Å². The number of aliphatic hydroxyl groups is 1. The summed E-state index contributed by atoms with van der Waals surface area (Å²) in [4.78, 5) is 4.06. The van der Waals surface area contributed by atoms with Gasteiger partial charge in [-0.05, 0) is 42.8 Å². The van der Waals surface area contributed by atoms with Crippen LogP contribution < -0.4 is 10.1 Å². The summed E-state index contributed by atoms with van der Waals surface area (Å²) in [5.41, 5.74) is 1.06. The van der Waals surface area contributed by atoms with Gasteiger partial charge in [0.2, 0.25) is 0 Å². The van der Waals surface area contributed by atoms with Crippen molar-refractivity contribution in [1.82, 2.24) is 10.3 Å². The number of ether oxygens (including phenoxy) is 1.